The van der Waals surface area contributed by atoms with Crippen molar-refractivity contribution >= 4 is 11.3 Å². The highest BCUT2D eigenvalue weighted by Crippen LogP contribution is 2.25. The van der Waals surface area contributed by atoms with Gasteiger partial charge in [-0.2, -0.15) is 5.10 Å². The maximum Gasteiger partial charge on any atom is 0.152 e. The van der Waals surface area contributed by atoms with E-state index in [-0.39, 0.29) is 0 Å². The third-order valence-corrected chi connectivity index (χ3v) is 4.25. The molecular weight excluding hydrogens is 250 g/mol. The molecular formula is C15H23N5. The van der Waals surface area contributed by atoms with E-state index in [4.69, 9.17) is 5.73 Å². The van der Waals surface area contributed by atoms with Crippen molar-refractivity contribution in [1.29, 1.82) is 0 Å². The first kappa shape index (κ1) is 13.4. The Kier molecular flexibility index (Phi) is 3.61. The first-order valence-corrected chi connectivity index (χ1v) is 7.49. The Morgan fingerprint density at radius 3 is 3.00 bits per heavy atom. The fourth-order valence-electron chi connectivity index (χ4n) is 2.91. The maximum atomic E-state index is 6.12. The predicted octanol–water partition coefficient (Wildman–Crippen LogP) is 2.39. The molecule has 1 fully saturated rings. The summed E-state index contributed by atoms with van der Waals surface area (Å²) in [5.41, 5.74) is 8.26. The SMILES string of the molecule is CC(C)c1cc2c(NCC3CCCC3N)nccn2n1. The summed E-state index contributed by atoms with van der Waals surface area (Å²) in [6.45, 7) is 5.20. The molecule has 0 aromatic carbocycles. The molecule has 20 heavy (non-hydrogen) atoms. The third-order valence-electron chi connectivity index (χ3n) is 4.25. The molecule has 5 nitrogen and oxygen atoms in total. The molecule has 1 aliphatic rings. The van der Waals surface area contributed by atoms with Gasteiger partial charge in [0.2, 0.25) is 0 Å². The number of hydrogen-bond donors (Lipinski definition) is 2. The van der Waals surface area contributed by atoms with Crippen LogP contribution >= 0.6 is 0 Å². The number of nitrogens with one attached hydrogen (secondary N) is 1. The van der Waals surface area contributed by atoms with Crippen LogP contribution in [0.4, 0.5) is 5.82 Å². The van der Waals surface area contributed by atoms with Crippen LogP contribution in [0.5, 0.6) is 0 Å². The minimum atomic E-state index is 0.332. The predicted molar refractivity (Wildman–Crippen MR) is 80.9 cm³/mol. The maximum absolute atomic E-state index is 6.12. The summed E-state index contributed by atoms with van der Waals surface area (Å²) in [6, 6.07) is 2.45. The number of fused-ring (bicyclic) bond motifs is 1. The summed E-state index contributed by atoms with van der Waals surface area (Å²) < 4.78 is 1.90. The van der Waals surface area contributed by atoms with Crippen molar-refractivity contribution in [1.82, 2.24) is 14.6 Å². The third kappa shape index (κ3) is 2.50. The van der Waals surface area contributed by atoms with Crippen LogP contribution in [0, 0.1) is 5.92 Å². The molecule has 0 spiro atoms. The summed E-state index contributed by atoms with van der Waals surface area (Å²) in [6.07, 6.45) is 7.30. The Morgan fingerprint density at radius 2 is 2.30 bits per heavy atom. The molecule has 2 atom stereocenters. The lowest BCUT2D eigenvalue weighted by atomic mass is 10.0. The van der Waals surface area contributed by atoms with Crippen molar-refractivity contribution in [3.63, 3.8) is 0 Å². The van der Waals surface area contributed by atoms with Gasteiger partial charge in [-0.3, -0.25) is 0 Å². The number of rotatable bonds is 4. The van der Waals surface area contributed by atoms with Gasteiger partial charge in [0.15, 0.2) is 5.82 Å². The van der Waals surface area contributed by atoms with E-state index in [9.17, 15) is 0 Å². The van der Waals surface area contributed by atoms with Gasteiger partial charge in [-0.25, -0.2) is 9.50 Å². The molecule has 2 unspecified atom stereocenters. The minimum Gasteiger partial charge on any atom is -0.368 e. The zero-order valence-corrected chi connectivity index (χ0v) is 12.2. The lowest BCUT2D eigenvalue weighted by molar-refractivity contribution is 0.504. The molecule has 0 aliphatic heterocycles. The second-order valence-electron chi connectivity index (χ2n) is 6.07. The fraction of sp³-hybridized carbons (Fsp3) is 0.600. The molecule has 0 amide bonds. The van der Waals surface area contributed by atoms with Crippen molar-refractivity contribution in [3.05, 3.63) is 24.2 Å². The average Bonchev–Trinajstić information content (AvgIpc) is 3.02. The topological polar surface area (TPSA) is 68.2 Å². The highest BCUT2D eigenvalue weighted by atomic mass is 15.2. The van der Waals surface area contributed by atoms with Crippen LogP contribution < -0.4 is 11.1 Å². The lowest BCUT2D eigenvalue weighted by Gasteiger charge is -2.16. The van der Waals surface area contributed by atoms with E-state index in [0.29, 0.717) is 17.9 Å². The van der Waals surface area contributed by atoms with Crippen LogP contribution in [0.25, 0.3) is 5.52 Å². The Labute approximate surface area is 119 Å². The summed E-state index contributed by atoms with van der Waals surface area (Å²) in [7, 11) is 0. The van der Waals surface area contributed by atoms with Crippen LogP contribution in [0.15, 0.2) is 18.5 Å². The van der Waals surface area contributed by atoms with Gasteiger partial charge in [0.05, 0.1) is 5.69 Å². The summed E-state index contributed by atoms with van der Waals surface area (Å²) in [5.74, 6) is 1.89. The molecule has 3 rings (SSSR count). The summed E-state index contributed by atoms with van der Waals surface area (Å²) in [5, 5.41) is 8.04. The molecule has 0 radical (unpaired) electrons. The van der Waals surface area contributed by atoms with Gasteiger partial charge in [0, 0.05) is 25.0 Å². The molecule has 2 aromatic rings. The normalized spacial score (nSPS) is 22.8. The summed E-state index contributed by atoms with van der Waals surface area (Å²) >= 11 is 0. The molecule has 1 aliphatic carbocycles. The van der Waals surface area contributed by atoms with Crippen LogP contribution in [0.1, 0.15) is 44.7 Å². The van der Waals surface area contributed by atoms with Crippen LogP contribution in [0.2, 0.25) is 0 Å². The fourth-order valence-corrected chi connectivity index (χ4v) is 2.91. The lowest BCUT2D eigenvalue weighted by Crippen LogP contribution is -2.29. The van der Waals surface area contributed by atoms with Gasteiger partial charge in [-0.15, -0.1) is 0 Å². The highest BCUT2D eigenvalue weighted by molar-refractivity contribution is 5.67. The second-order valence-corrected chi connectivity index (χ2v) is 6.07. The molecule has 0 saturated heterocycles. The number of hydrogen-bond acceptors (Lipinski definition) is 4. The highest BCUT2D eigenvalue weighted by Gasteiger charge is 2.23. The van der Waals surface area contributed by atoms with Crippen molar-refractivity contribution < 1.29 is 0 Å². The number of nitrogens with zero attached hydrogens (tertiary/aromatic N) is 3. The van der Waals surface area contributed by atoms with Crippen molar-refractivity contribution in [3.8, 4) is 0 Å². The zero-order valence-electron chi connectivity index (χ0n) is 12.2. The van der Waals surface area contributed by atoms with Gasteiger partial charge >= 0.3 is 0 Å². The molecule has 1 saturated carbocycles. The van der Waals surface area contributed by atoms with E-state index in [1.54, 1.807) is 6.20 Å². The van der Waals surface area contributed by atoms with Gasteiger partial charge in [0.25, 0.3) is 0 Å². The first-order valence-electron chi connectivity index (χ1n) is 7.49. The van der Waals surface area contributed by atoms with Crippen LogP contribution in [-0.4, -0.2) is 27.2 Å². The standard InChI is InChI=1S/C15H23N5/c1-10(2)13-8-14-15(17-6-7-20(14)19-13)18-9-11-4-3-5-12(11)16/h6-8,10-12H,3-5,9,16H2,1-2H3,(H,17,18). The van der Waals surface area contributed by atoms with Crippen LogP contribution in [-0.2, 0) is 0 Å². The Hall–Kier alpha value is -1.62. The number of aromatic nitrogens is 3. The minimum absolute atomic E-state index is 0.332. The monoisotopic (exact) mass is 273 g/mol. The number of nitrogens with two attached hydrogens (primary N) is 1. The Bertz CT molecular complexity index is 589. The van der Waals surface area contributed by atoms with Crippen molar-refractivity contribution in [2.24, 2.45) is 11.7 Å². The Balaban J connectivity index is 1.80. The van der Waals surface area contributed by atoms with Crippen molar-refractivity contribution in [2.45, 2.75) is 45.1 Å². The largest absolute Gasteiger partial charge is 0.368 e. The summed E-state index contributed by atoms with van der Waals surface area (Å²) in [4.78, 5) is 4.45. The van der Waals surface area contributed by atoms with E-state index >= 15 is 0 Å². The smallest absolute Gasteiger partial charge is 0.152 e. The number of anilines is 1. The van der Waals surface area contributed by atoms with Gasteiger partial charge < -0.3 is 11.1 Å². The van der Waals surface area contributed by atoms with Gasteiger partial charge in [0.1, 0.15) is 5.52 Å². The molecule has 2 aromatic heterocycles. The van der Waals surface area contributed by atoms with E-state index in [2.05, 4.69) is 35.3 Å². The zero-order chi connectivity index (χ0) is 14.1. The van der Waals surface area contributed by atoms with Crippen molar-refractivity contribution in [2.75, 3.05) is 11.9 Å². The average molecular weight is 273 g/mol. The molecule has 0 bridgehead atoms. The molecule has 108 valence electrons. The molecule has 2 heterocycles. The molecule has 3 N–H and O–H groups in total. The van der Waals surface area contributed by atoms with Gasteiger partial charge in [-0.1, -0.05) is 20.3 Å². The van der Waals surface area contributed by atoms with Crippen LogP contribution in [0.3, 0.4) is 0 Å². The van der Waals surface area contributed by atoms with E-state index in [0.717, 1.165) is 30.0 Å². The van der Waals surface area contributed by atoms with Gasteiger partial charge in [-0.05, 0) is 30.7 Å². The molecule has 5 heteroatoms. The Morgan fingerprint density at radius 1 is 1.45 bits per heavy atom. The van der Waals surface area contributed by atoms with E-state index in [1.807, 2.05) is 10.7 Å². The first-order chi connectivity index (χ1) is 9.65. The van der Waals surface area contributed by atoms with E-state index in [1.165, 1.54) is 12.8 Å². The second kappa shape index (κ2) is 5.40. The van der Waals surface area contributed by atoms with E-state index < -0.39 is 0 Å². The quantitative estimate of drug-likeness (QED) is 0.897.